The number of amides is 1. The molecule has 150 valence electrons. The van der Waals surface area contributed by atoms with Gasteiger partial charge in [0.2, 0.25) is 5.91 Å². The number of hydrogen-bond donors (Lipinski definition) is 1. The molecule has 8 heteroatoms. The molecule has 0 saturated heterocycles. The Morgan fingerprint density at radius 2 is 2.07 bits per heavy atom. The monoisotopic (exact) mass is 433 g/mol. The van der Waals surface area contributed by atoms with Crippen LogP contribution in [0.1, 0.15) is 21.7 Å². The van der Waals surface area contributed by atoms with Gasteiger partial charge in [-0.15, -0.1) is 11.3 Å². The van der Waals surface area contributed by atoms with E-state index >= 15 is 0 Å². The molecule has 0 saturated carbocycles. The van der Waals surface area contributed by atoms with E-state index in [4.69, 9.17) is 0 Å². The van der Waals surface area contributed by atoms with E-state index in [2.05, 4.69) is 21.4 Å². The number of hydrogen-bond acceptors (Lipinski definition) is 6. The van der Waals surface area contributed by atoms with Crippen LogP contribution in [0.2, 0.25) is 0 Å². The van der Waals surface area contributed by atoms with E-state index in [-0.39, 0.29) is 11.7 Å². The number of carbonyl (C=O) groups excluding carboxylic acids is 1. The summed E-state index contributed by atoms with van der Waals surface area (Å²) in [7, 11) is 0. The van der Waals surface area contributed by atoms with Crippen molar-refractivity contribution in [1.29, 1.82) is 5.26 Å². The number of carbonyl (C=O) groups is 1. The molecular formula is C22H19N5OS2. The lowest BCUT2D eigenvalue weighted by Gasteiger charge is -2.12. The molecule has 1 amide bonds. The number of thioether (sulfide) groups is 1. The molecule has 0 spiro atoms. The van der Waals surface area contributed by atoms with Gasteiger partial charge in [-0.05, 0) is 36.9 Å². The summed E-state index contributed by atoms with van der Waals surface area (Å²) in [6.45, 7) is 4.50. The van der Waals surface area contributed by atoms with Crippen LogP contribution in [-0.4, -0.2) is 26.2 Å². The van der Waals surface area contributed by atoms with Crippen LogP contribution in [0.25, 0.3) is 10.9 Å². The molecule has 1 aromatic carbocycles. The van der Waals surface area contributed by atoms with E-state index in [1.165, 1.54) is 18.1 Å². The maximum Gasteiger partial charge on any atom is 0.235 e. The largest absolute Gasteiger partial charge is 0.325 e. The van der Waals surface area contributed by atoms with Gasteiger partial charge in [-0.2, -0.15) is 5.26 Å². The smallest absolute Gasteiger partial charge is 0.235 e. The molecule has 3 aromatic heterocycles. The van der Waals surface area contributed by atoms with Crippen molar-refractivity contribution in [3.63, 3.8) is 0 Å². The quantitative estimate of drug-likeness (QED) is 0.350. The van der Waals surface area contributed by atoms with Crippen molar-refractivity contribution in [2.45, 2.75) is 25.4 Å². The molecule has 4 rings (SSSR count). The van der Waals surface area contributed by atoms with Crippen molar-refractivity contribution < 1.29 is 4.79 Å². The zero-order valence-corrected chi connectivity index (χ0v) is 18.2. The lowest BCUT2D eigenvalue weighted by molar-refractivity contribution is -0.113. The minimum atomic E-state index is -0.177. The highest BCUT2D eigenvalue weighted by Crippen LogP contribution is 2.29. The van der Waals surface area contributed by atoms with Gasteiger partial charge in [0.15, 0.2) is 0 Å². The first-order valence-electron chi connectivity index (χ1n) is 9.33. The van der Waals surface area contributed by atoms with Crippen molar-refractivity contribution in [3.05, 3.63) is 69.8 Å². The van der Waals surface area contributed by atoms with Crippen LogP contribution in [0.3, 0.4) is 0 Å². The fourth-order valence-corrected chi connectivity index (χ4v) is 4.77. The maximum absolute atomic E-state index is 12.8. The Hall–Kier alpha value is -3.15. The average molecular weight is 434 g/mol. The second kappa shape index (κ2) is 8.69. The molecule has 0 radical (unpaired) electrons. The van der Waals surface area contributed by atoms with Crippen LogP contribution in [0, 0.1) is 25.2 Å². The summed E-state index contributed by atoms with van der Waals surface area (Å²) in [5.74, 6) is 0.567. The van der Waals surface area contributed by atoms with Gasteiger partial charge >= 0.3 is 0 Å². The summed E-state index contributed by atoms with van der Waals surface area (Å²) in [4.78, 5) is 22.5. The van der Waals surface area contributed by atoms with Crippen LogP contribution in [0.15, 0.2) is 53.1 Å². The van der Waals surface area contributed by atoms with Gasteiger partial charge in [-0.1, -0.05) is 36.0 Å². The maximum atomic E-state index is 12.8. The molecule has 0 bridgehead atoms. The number of para-hydroxylation sites is 1. The van der Waals surface area contributed by atoms with Crippen LogP contribution in [0.5, 0.6) is 0 Å². The van der Waals surface area contributed by atoms with Gasteiger partial charge in [-0.25, -0.2) is 9.97 Å². The Balaban J connectivity index is 1.55. The summed E-state index contributed by atoms with van der Waals surface area (Å²) in [5, 5.41) is 16.3. The fraction of sp³-hybridized carbons (Fsp3) is 0.182. The number of nitriles is 1. The Kier molecular flexibility index (Phi) is 5.84. The summed E-state index contributed by atoms with van der Waals surface area (Å²) < 4.78 is 2.00. The first-order valence-corrected chi connectivity index (χ1v) is 11.2. The number of nitrogens with zero attached hydrogens (tertiary/aromatic N) is 4. The average Bonchev–Trinajstić information content (AvgIpc) is 3.35. The van der Waals surface area contributed by atoms with E-state index in [0.717, 1.165) is 32.1 Å². The van der Waals surface area contributed by atoms with Gasteiger partial charge in [0, 0.05) is 16.0 Å². The van der Waals surface area contributed by atoms with Crippen molar-refractivity contribution >= 4 is 45.7 Å². The molecule has 1 N–H and O–H groups in total. The Morgan fingerprint density at radius 1 is 1.23 bits per heavy atom. The number of nitrogens with one attached hydrogen (secondary N) is 1. The van der Waals surface area contributed by atoms with Gasteiger partial charge in [0.25, 0.3) is 0 Å². The number of rotatable bonds is 6. The van der Waals surface area contributed by atoms with Crippen LogP contribution in [-0.2, 0) is 11.3 Å². The third-order valence-electron chi connectivity index (χ3n) is 4.94. The predicted molar refractivity (Wildman–Crippen MR) is 121 cm³/mol. The normalized spacial score (nSPS) is 10.8. The highest BCUT2D eigenvalue weighted by Gasteiger charge is 2.20. The molecule has 0 fully saturated rings. The van der Waals surface area contributed by atoms with Crippen molar-refractivity contribution in [1.82, 2.24) is 14.5 Å². The van der Waals surface area contributed by atoms with E-state index in [1.807, 2.05) is 60.2 Å². The molecule has 0 aliphatic rings. The van der Waals surface area contributed by atoms with Crippen LogP contribution < -0.4 is 5.32 Å². The lowest BCUT2D eigenvalue weighted by atomic mass is 10.2. The van der Waals surface area contributed by atoms with Crippen LogP contribution in [0.4, 0.5) is 5.82 Å². The molecule has 0 aliphatic carbocycles. The molecule has 30 heavy (non-hydrogen) atoms. The third-order valence-corrected chi connectivity index (χ3v) is 6.81. The van der Waals surface area contributed by atoms with E-state index < -0.39 is 0 Å². The highest BCUT2D eigenvalue weighted by atomic mass is 32.2. The van der Waals surface area contributed by atoms with Crippen molar-refractivity contribution in [2.75, 3.05) is 11.1 Å². The Morgan fingerprint density at radius 3 is 2.83 bits per heavy atom. The molecule has 0 atom stereocenters. The number of benzene rings is 1. The first kappa shape index (κ1) is 20.1. The Bertz CT molecular complexity index is 1250. The summed E-state index contributed by atoms with van der Waals surface area (Å²) >= 11 is 3.01. The standard InChI is InChI=1S/C22H19N5OS2/c1-14-15(2)27(11-16-6-5-9-29-16)21(18(14)10-23)26-20(28)12-30-22-17-7-3-4-8-19(17)24-13-25-22/h3-9,13H,11-12H2,1-2H3,(H,26,28). The lowest BCUT2D eigenvalue weighted by Crippen LogP contribution is -2.18. The minimum Gasteiger partial charge on any atom is -0.325 e. The van der Waals surface area contributed by atoms with Crippen LogP contribution >= 0.6 is 23.1 Å². The van der Waals surface area contributed by atoms with Gasteiger partial charge < -0.3 is 9.88 Å². The number of fused-ring (bicyclic) bond motifs is 1. The van der Waals surface area contributed by atoms with Gasteiger partial charge in [-0.3, -0.25) is 4.79 Å². The summed E-state index contributed by atoms with van der Waals surface area (Å²) in [6.07, 6.45) is 1.51. The minimum absolute atomic E-state index is 0.177. The predicted octanol–water partition coefficient (Wildman–Crippen LogP) is 4.76. The first-order chi connectivity index (χ1) is 14.6. The zero-order chi connectivity index (χ0) is 21.1. The SMILES string of the molecule is Cc1c(C#N)c(NC(=O)CSc2ncnc3ccccc23)n(Cc2cccs2)c1C. The molecule has 3 heterocycles. The third kappa shape index (κ3) is 3.95. The number of thiophene rings is 1. The molecular weight excluding hydrogens is 414 g/mol. The van der Waals surface area contributed by atoms with Crippen molar-refractivity contribution in [3.8, 4) is 6.07 Å². The molecule has 4 aromatic rings. The molecule has 6 nitrogen and oxygen atoms in total. The fourth-order valence-electron chi connectivity index (χ4n) is 3.28. The Labute approximate surface area is 182 Å². The van der Waals surface area contributed by atoms with E-state index in [9.17, 15) is 10.1 Å². The van der Waals surface area contributed by atoms with Crippen molar-refractivity contribution in [2.24, 2.45) is 0 Å². The zero-order valence-electron chi connectivity index (χ0n) is 16.5. The molecule has 0 unspecified atom stereocenters. The second-order valence-corrected chi connectivity index (χ2v) is 8.74. The van der Waals surface area contributed by atoms with Gasteiger partial charge in [0.1, 0.15) is 23.2 Å². The molecule has 0 aliphatic heterocycles. The summed E-state index contributed by atoms with van der Waals surface area (Å²) in [6, 6.07) is 14.0. The van der Waals surface area contributed by atoms with Gasteiger partial charge in [0.05, 0.1) is 23.4 Å². The second-order valence-electron chi connectivity index (χ2n) is 6.74. The van der Waals surface area contributed by atoms with E-state index in [1.54, 1.807) is 11.3 Å². The summed E-state index contributed by atoms with van der Waals surface area (Å²) in [5.41, 5.74) is 3.22. The topological polar surface area (TPSA) is 83.6 Å². The highest BCUT2D eigenvalue weighted by molar-refractivity contribution is 8.00. The number of anilines is 1. The number of aromatic nitrogens is 3. The van der Waals surface area contributed by atoms with E-state index in [0.29, 0.717) is 17.9 Å².